The van der Waals surface area contributed by atoms with Crippen LogP contribution in [-0.2, 0) is 60.7 Å². The molecule has 3 aromatic heterocycles. The highest BCUT2D eigenvalue weighted by atomic mass is 35.5. The van der Waals surface area contributed by atoms with Crippen molar-refractivity contribution in [3.05, 3.63) is 81.9 Å². The van der Waals surface area contributed by atoms with Crippen molar-refractivity contribution >= 4 is 167 Å². The van der Waals surface area contributed by atoms with E-state index in [1.165, 1.54) is 31.2 Å². The minimum Gasteiger partial charge on any atom is -0.493 e. The molecule has 0 saturated carbocycles. The molecule has 5 aromatic carbocycles. The first-order chi connectivity index (χ1) is 38.4. The summed E-state index contributed by atoms with van der Waals surface area (Å²) in [5.74, 6) is -2.00. The van der Waals surface area contributed by atoms with Gasteiger partial charge in [-0.15, -0.1) is 37.3 Å². The van der Waals surface area contributed by atoms with Crippen LogP contribution in [0.15, 0.2) is 110 Å². The standard InChI is InChI=1S/C44H37ClN10O20S8/c1-20-10-31(51-53-39-22(3)26(19-46)42-47-30-18-37(82(69,70)71)27(45)15-33(30)55(42)43(39)56)34(75-6-4-8-78(57,58)59)16-28(20)49-52-32-11-21(2)29(17-35(32)76-7-5-9-79(60,61)62)50-54-44-48-40-38(83(72,73)74)14-24-25(41(40)77-44)12-23(80(63,64)65)13-36(24)81(66,67)68/h10-18,56H,4-9H2,1-3H3,(H,57,58,59)(H,60,61,62)(H,63,64,65)(H,66,67,68)(H,69,70,71)(H,72,73,74). The average Bonchev–Trinajstić information content (AvgIpc) is 2.19. The summed E-state index contributed by atoms with van der Waals surface area (Å²) in [6.45, 7) is 4.22. The number of aromatic nitrogens is 3. The van der Waals surface area contributed by atoms with Gasteiger partial charge in [0.2, 0.25) is 11.0 Å². The van der Waals surface area contributed by atoms with Gasteiger partial charge < -0.3 is 9.84 Å². The molecule has 0 aliphatic heterocycles. The van der Waals surface area contributed by atoms with E-state index in [4.69, 9.17) is 16.3 Å². The Morgan fingerprint density at radius 1 is 0.651 bits per heavy atom. The van der Waals surface area contributed by atoms with Crippen LogP contribution < -0.4 is 4.74 Å². The highest BCUT2D eigenvalue weighted by Gasteiger charge is 2.29. The minimum absolute atomic E-state index is 0.00796. The fourth-order valence-corrected chi connectivity index (χ4v) is 14.1. The third kappa shape index (κ3) is 13.9. The van der Waals surface area contributed by atoms with E-state index in [1.807, 2.05) is 6.07 Å². The molecule has 8 aromatic rings. The molecule has 438 valence electrons. The van der Waals surface area contributed by atoms with Crippen LogP contribution in [0.2, 0.25) is 5.02 Å². The SMILES string of the molecule is Cc1cc(N=Nc2cc(OCCCS(=O)(=O)O)c(N=Nc3c(C)c(C#N)c4nc5cc(S(=O)(=O)O)c(Cl)cc5n4c3O)cc2C)c(SCCCS(=O)(=O)O)cc1N=Nc1nc2c(S(=O)(=O)O)cc3c(S(=O)(=O)O)cc(S(=O)(=O)O)cc3c2s1. The molecule has 39 heteroatoms. The number of hydrogen-bond donors (Lipinski definition) is 7. The Labute approximate surface area is 482 Å². The van der Waals surface area contributed by atoms with Crippen molar-refractivity contribution in [3.8, 4) is 17.7 Å². The van der Waals surface area contributed by atoms with Crippen molar-refractivity contribution in [2.75, 3.05) is 23.9 Å². The number of imidazole rings is 1. The van der Waals surface area contributed by atoms with E-state index in [0.29, 0.717) is 34.6 Å². The van der Waals surface area contributed by atoms with Gasteiger partial charge in [-0.05, 0) is 99.0 Å². The molecule has 0 spiro atoms. The number of halogens is 1. The van der Waals surface area contributed by atoms with Gasteiger partial charge in [0.25, 0.3) is 60.7 Å². The maximum absolute atomic E-state index is 12.6. The van der Waals surface area contributed by atoms with Gasteiger partial charge in [0.05, 0.1) is 60.8 Å². The predicted octanol–water partition coefficient (Wildman–Crippen LogP) is 9.67. The Hall–Kier alpha value is -6.81. The maximum Gasteiger partial charge on any atom is 0.296 e. The Kier molecular flexibility index (Phi) is 17.2. The van der Waals surface area contributed by atoms with Crippen LogP contribution in [0.25, 0.3) is 37.7 Å². The van der Waals surface area contributed by atoms with Gasteiger partial charge in [-0.2, -0.15) is 60.9 Å². The highest BCUT2D eigenvalue weighted by Crippen LogP contribution is 2.45. The Morgan fingerprint density at radius 3 is 1.86 bits per heavy atom. The number of fused-ring (bicyclic) bond motifs is 6. The van der Waals surface area contributed by atoms with Gasteiger partial charge in [-0.3, -0.25) is 31.7 Å². The average molecular weight is 1320 g/mol. The smallest absolute Gasteiger partial charge is 0.296 e. The number of azo groups is 3. The number of thiazole rings is 1. The number of nitriles is 1. The van der Waals surface area contributed by atoms with Gasteiger partial charge in [0.15, 0.2) is 11.3 Å². The van der Waals surface area contributed by atoms with E-state index < -0.39 is 114 Å². The molecule has 0 unspecified atom stereocenters. The van der Waals surface area contributed by atoms with E-state index >= 15 is 0 Å². The van der Waals surface area contributed by atoms with Gasteiger partial charge in [-0.25, -0.2) is 9.97 Å². The number of hydrogen-bond acceptors (Lipinski definition) is 25. The second kappa shape index (κ2) is 23.0. The van der Waals surface area contributed by atoms with E-state index in [1.54, 1.807) is 13.8 Å². The number of aromatic hydroxyl groups is 1. The molecule has 0 aliphatic carbocycles. The van der Waals surface area contributed by atoms with Gasteiger partial charge >= 0.3 is 0 Å². The lowest BCUT2D eigenvalue weighted by Gasteiger charge is -2.12. The molecular formula is C44H37ClN10O20S8. The molecule has 7 N–H and O–H groups in total. The fourth-order valence-electron chi connectivity index (χ4n) is 7.95. The van der Waals surface area contributed by atoms with Crippen LogP contribution in [-0.4, -0.2) is 121 Å². The third-order valence-electron chi connectivity index (χ3n) is 11.7. The van der Waals surface area contributed by atoms with Crippen molar-refractivity contribution in [2.24, 2.45) is 30.7 Å². The molecule has 0 aliphatic rings. The van der Waals surface area contributed by atoms with Crippen molar-refractivity contribution in [1.82, 2.24) is 14.4 Å². The molecule has 0 radical (unpaired) electrons. The van der Waals surface area contributed by atoms with Crippen LogP contribution in [0.3, 0.4) is 0 Å². The number of pyridine rings is 1. The molecule has 0 fully saturated rings. The van der Waals surface area contributed by atoms with Crippen LogP contribution >= 0.6 is 34.7 Å². The Balaban J connectivity index is 1.20. The second-order valence-corrected chi connectivity index (χ2v) is 28.8. The Morgan fingerprint density at radius 2 is 1.24 bits per heavy atom. The summed E-state index contributed by atoms with van der Waals surface area (Å²) in [7, 11) is -29.3. The van der Waals surface area contributed by atoms with E-state index in [9.17, 15) is 88.2 Å². The van der Waals surface area contributed by atoms with Crippen LogP contribution in [0, 0.1) is 32.1 Å². The second-order valence-electron chi connectivity index (χ2n) is 17.6. The zero-order valence-corrected chi connectivity index (χ0v) is 49.3. The first-order valence-corrected chi connectivity index (χ1v) is 33.9. The van der Waals surface area contributed by atoms with Crippen molar-refractivity contribution in [1.29, 1.82) is 5.26 Å². The monoisotopic (exact) mass is 1320 g/mol. The lowest BCUT2D eigenvalue weighted by molar-refractivity contribution is 0.317. The summed E-state index contributed by atoms with van der Waals surface area (Å²) in [4.78, 5) is 4.89. The van der Waals surface area contributed by atoms with Gasteiger partial charge in [0.1, 0.15) is 43.3 Å². The number of ether oxygens (including phenoxy) is 1. The van der Waals surface area contributed by atoms with Gasteiger partial charge in [-0.1, -0.05) is 22.9 Å². The normalized spacial score (nSPS) is 13.3. The zero-order valence-electron chi connectivity index (χ0n) is 42.0. The number of benzene rings is 5. The Bertz CT molecular complexity index is 4950. The minimum atomic E-state index is -5.31. The molecule has 83 heavy (non-hydrogen) atoms. The van der Waals surface area contributed by atoms with Crippen LogP contribution in [0.1, 0.15) is 35.1 Å². The predicted molar refractivity (Wildman–Crippen MR) is 298 cm³/mol. The molecule has 0 amide bonds. The summed E-state index contributed by atoms with van der Waals surface area (Å²) in [5.41, 5.74) is -0.129. The molecule has 0 bridgehead atoms. The summed E-state index contributed by atoms with van der Waals surface area (Å²) >= 11 is 7.76. The van der Waals surface area contributed by atoms with E-state index in [0.717, 1.165) is 34.4 Å². The van der Waals surface area contributed by atoms with Crippen molar-refractivity contribution in [3.63, 3.8) is 0 Å². The highest BCUT2D eigenvalue weighted by molar-refractivity contribution is 7.99. The molecular weight excluding hydrogens is 1280 g/mol. The summed E-state index contributed by atoms with van der Waals surface area (Å²) < 4.78 is 210. The van der Waals surface area contributed by atoms with E-state index in [2.05, 4.69) is 40.7 Å². The first kappa shape index (κ1) is 62.2. The topological polar surface area (TPSA) is 484 Å². The van der Waals surface area contributed by atoms with Crippen LogP contribution in [0.4, 0.5) is 33.6 Å². The lowest BCUT2D eigenvalue weighted by atomic mass is 10.1. The van der Waals surface area contributed by atoms with Crippen molar-refractivity contribution < 1.29 is 87.7 Å². The zero-order chi connectivity index (χ0) is 61.1. The van der Waals surface area contributed by atoms with Crippen molar-refractivity contribution in [2.45, 2.75) is 58.1 Å². The number of nitrogens with zero attached hydrogens (tertiary/aromatic N) is 10. The third-order valence-corrected chi connectivity index (χ3v) is 19.4. The number of aryl methyl sites for hydroxylation is 2. The van der Waals surface area contributed by atoms with E-state index in [-0.39, 0.29) is 107 Å². The number of thioether (sulfide) groups is 1. The fraction of sp³-hybridized carbons (Fsp3) is 0.205. The number of rotatable bonds is 20. The summed E-state index contributed by atoms with van der Waals surface area (Å²) in [6.07, 6.45) is -0.295. The first-order valence-electron chi connectivity index (χ1n) is 22.7. The largest absolute Gasteiger partial charge is 0.493 e. The molecule has 30 nitrogen and oxygen atoms in total. The lowest BCUT2D eigenvalue weighted by Crippen LogP contribution is -2.08. The quantitative estimate of drug-likeness (QED) is 0.0161. The van der Waals surface area contributed by atoms with Crippen LogP contribution in [0.5, 0.6) is 11.6 Å². The molecule has 0 saturated heterocycles. The maximum atomic E-state index is 12.6. The molecule has 0 atom stereocenters. The summed E-state index contributed by atoms with van der Waals surface area (Å²) in [6, 6.07) is 11.5. The summed E-state index contributed by atoms with van der Waals surface area (Å²) in [5, 5.41) is 45.8. The molecule has 8 rings (SSSR count). The van der Waals surface area contributed by atoms with Gasteiger partial charge in [0, 0.05) is 27.3 Å². The molecule has 3 heterocycles.